The van der Waals surface area contributed by atoms with Crippen LogP contribution in [0.2, 0.25) is 0 Å². The summed E-state index contributed by atoms with van der Waals surface area (Å²) >= 11 is 0. The van der Waals surface area contributed by atoms with Crippen LogP contribution in [0, 0.1) is 16.0 Å². The fraction of sp³-hybridized carbons (Fsp3) is 0.286. The maximum absolute atomic E-state index is 11.8. The number of non-ortho nitro benzene ring substituents is 1. The molecule has 1 aromatic carbocycles. The molecule has 23 heavy (non-hydrogen) atoms. The van der Waals surface area contributed by atoms with Crippen LogP contribution in [0.15, 0.2) is 34.5 Å². The molecule has 0 radical (unpaired) electrons. The van der Waals surface area contributed by atoms with E-state index in [1.54, 1.807) is 19.9 Å². The van der Waals surface area contributed by atoms with Gasteiger partial charge in [-0.05, 0) is 13.8 Å². The van der Waals surface area contributed by atoms with Gasteiger partial charge in [-0.3, -0.25) is 19.7 Å². The molecule has 2 rings (SSSR count). The summed E-state index contributed by atoms with van der Waals surface area (Å²) in [7, 11) is 0. The van der Waals surface area contributed by atoms with Crippen LogP contribution >= 0.6 is 0 Å². The van der Waals surface area contributed by atoms with Gasteiger partial charge in [0.1, 0.15) is 0 Å². The molecule has 120 valence electrons. The van der Waals surface area contributed by atoms with Gasteiger partial charge < -0.3 is 0 Å². The van der Waals surface area contributed by atoms with Gasteiger partial charge in [0.25, 0.3) is 5.69 Å². The first-order valence-electron chi connectivity index (χ1n) is 6.80. The SMILES string of the molecule is CC1=NNC(=O)[C@@H]1CC(=O)N/N=C(/C)c1cccc([N+](=O)[O-])c1. The van der Waals surface area contributed by atoms with Crippen molar-refractivity contribution in [1.29, 1.82) is 0 Å². The van der Waals surface area contributed by atoms with Crippen molar-refractivity contribution in [2.24, 2.45) is 16.1 Å². The molecule has 1 atom stereocenters. The van der Waals surface area contributed by atoms with Crippen molar-refractivity contribution in [3.63, 3.8) is 0 Å². The maximum Gasteiger partial charge on any atom is 0.270 e. The summed E-state index contributed by atoms with van der Waals surface area (Å²) in [6.07, 6.45) is -0.0626. The first-order valence-corrected chi connectivity index (χ1v) is 6.80. The van der Waals surface area contributed by atoms with Gasteiger partial charge in [-0.15, -0.1) is 0 Å². The molecule has 1 aromatic rings. The number of nitrogens with zero attached hydrogens (tertiary/aromatic N) is 3. The summed E-state index contributed by atoms with van der Waals surface area (Å²) < 4.78 is 0. The van der Waals surface area contributed by atoms with Crippen molar-refractivity contribution in [3.05, 3.63) is 39.9 Å². The maximum atomic E-state index is 11.8. The van der Waals surface area contributed by atoms with Gasteiger partial charge in [0.15, 0.2) is 0 Å². The van der Waals surface area contributed by atoms with Crippen LogP contribution in [0.1, 0.15) is 25.8 Å². The van der Waals surface area contributed by atoms with Crippen LogP contribution < -0.4 is 10.9 Å². The number of nitro groups is 1. The highest BCUT2D eigenvalue weighted by Crippen LogP contribution is 2.14. The Kier molecular flexibility index (Phi) is 4.79. The van der Waals surface area contributed by atoms with Gasteiger partial charge in [-0.25, -0.2) is 10.9 Å². The van der Waals surface area contributed by atoms with E-state index in [2.05, 4.69) is 21.1 Å². The zero-order valence-electron chi connectivity index (χ0n) is 12.6. The Morgan fingerprint density at radius 1 is 1.52 bits per heavy atom. The molecule has 0 aromatic heterocycles. The molecule has 1 heterocycles. The lowest BCUT2D eigenvalue weighted by atomic mass is 10.0. The monoisotopic (exact) mass is 317 g/mol. The number of nitro benzene ring substituents is 1. The van der Waals surface area contributed by atoms with Crippen molar-refractivity contribution < 1.29 is 14.5 Å². The first kappa shape index (κ1) is 16.3. The fourth-order valence-electron chi connectivity index (χ4n) is 2.02. The molecule has 0 fully saturated rings. The third-order valence-electron chi connectivity index (χ3n) is 3.38. The van der Waals surface area contributed by atoms with Gasteiger partial charge in [0.2, 0.25) is 11.8 Å². The van der Waals surface area contributed by atoms with Crippen molar-refractivity contribution in [3.8, 4) is 0 Å². The number of hydrogen-bond acceptors (Lipinski definition) is 6. The second-order valence-electron chi connectivity index (χ2n) is 5.03. The van der Waals surface area contributed by atoms with Gasteiger partial charge in [-0.1, -0.05) is 12.1 Å². The van der Waals surface area contributed by atoms with Crippen LogP contribution in [0.3, 0.4) is 0 Å². The molecule has 0 aliphatic carbocycles. The summed E-state index contributed by atoms with van der Waals surface area (Å²) in [5.41, 5.74) is 6.08. The zero-order valence-corrected chi connectivity index (χ0v) is 12.6. The molecular formula is C14H15N5O4. The minimum atomic E-state index is -0.594. The normalized spacial score (nSPS) is 17.5. The number of hydrogen-bond donors (Lipinski definition) is 2. The largest absolute Gasteiger partial charge is 0.273 e. The van der Waals surface area contributed by atoms with Crippen LogP contribution in [0.4, 0.5) is 5.69 Å². The second kappa shape index (κ2) is 6.77. The van der Waals surface area contributed by atoms with E-state index in [9.17, 15) is 19.7 Å². The highest BCUT2D eigenvalue weighted by atomic mass is 16.6. The number of carbonyl (C=O) groups excluding carboxylic acids is 2. The molecule has 0 bridgehead atoms. The van der Waals surface area contributed by atoms with Gasteiger partial charge in [-0.2, -0.15) is 10.2 Å². The fourth-order valence-corrected chi connectivity index (χ4v) is 2.02. The average Bonchev–Trinajstić information content (AvgIpc) is 2.84. The quantitative estimate of drug-likeness (QED) is 0.476. The van der Waals surface area contributed by atoms with Crippen LogP contribution in [-0.4, -0.2) is 28.2 Å². The number of amides is 2. The molecule has 1 aliphatic rings. The number of carbonyl (C=O) groups is 2. The molecule has 1 aliphatic heterocycles. The Bertz CT molecular complexity index is 726. The second-order valence-corrected chi connectivity index (χ2v) is 5.03. The summed E-state index contributed by atoms with van der Waals surface area (Å²) in [5, 5.41) is 18.4. The molecular weight excluding hydrogens is 302 g/mol. The Morgan fingerprint density at radius 3 is 2.87 bits per heavy atom. The summed E-state index contributed by atoms with van der Waals surface area (Å²) in [4.78, 5) is 33.6. The zero-order chi connectivity index (χ0) is 17.0. The third-order valence-corrected chi connectivity index (χ3v) is 3.38. The number of rotatable bonds is 5. The Balaban J connectivity index is 2.00. The van der Waals surface area contributed by atoms with Crippen molar-refractivity contribution in [1.82, 2.24) is 10.9 Å². The summed E-state index contributed by atoms with van der Waals surface area (Å²) in [6.45, 7) is 3.28. The smallest absolute Gasteiger partial charge is 0.270 e. The topological polar surface area (TPSA) is 126 Å². The highest BCUT2D eigenvalue weighted by molar-refractivity contribution is 6.09. The number of hydrazone groups is 2. The standard InChI is InChI=1S/C14H15N5O4/c1-8(10-4-3-5-11(6-10)19(22)23)15-17-13(20)7-12-9(2)16-18-14(12)21/h3-6,12H,7H2,1-2H3,(H,17,20)(H,18,21)/b15-8-/t12-/m1/s1. The highest BCUT2D eigenvalue weighted by Gasteiger charge is 2.29. The van der Waals surface area contributed by atoms with Gasteiger partial charge in [0, 0.05) is 29.8 Å². The molecule has 0 saturated heterocycles. The number of benzene rings is 1. The van der Waals surface area contributed by atoms with Gasteiger partial charge >= 0.3 is 0 Å². The molecule has 0 saturated carbocycles. The van der Waals surface area contributed by atoms with E-state index >= 15 is 0 Å². The van der Waals surface area contributed by atoms with E-state index in [1.165, 1.54) is 18.2 Å². The average molecular weight is 317 g/mol. The molecule has 0 unspecified atom stereocenters. The van der Waals surface area contributed by atoms with Crippen LogP contribution in [0.25, 0.3) is 0 Å². The van der Waals surface area contributed by atoms with Crippen molar-refractivity contribution >= 4 is 28.9 Å². The molecule has 0 spiro atoms. The van der Waals surface area contributed by atoms with E-state index in [4.69, 9.17) is 0 Å². The van der Waals surface area contributed by atoms with E-state index < -0.39 is 16.7 Å². The molecule has 2 amide bonds. The van der Waals surface area contributed by atoms with Crippen molar-refractivity contribution in [2.75, 3.05) is 0 Å². The van der Waals surface area contributed by atoms with E-state index in [0.29, 0.717) is 17.0 Å². The van der Waals surface area contributed by atoms with E-state index in [1.807, 2.05) is 0 Å². The van der Waals surface area contributed by atoms with Crippen LogP contribution in [0.5, 0.6) is 0 Å². The Morgan fingerprint density at radius 2 is 2.26 bits per heavy atom. The van der Waals surface area contributed by atoms with Crippen molar-refractivity contribution in [2.45, 2.75) is 20.3 Å². The van der Waals surface area contributed by atoms with Crippen LogP contribution in [-0.2, 0) is 9.59 Å². The first-order chi connectivity index (χ1) is 10.9. The number of nitrogens with one attached hydrogen (secondary N) is 2. The molecule has 9 nitrogen and oxygen atoms in total. The predicted molar refractivity (Wildman–Crippen MR) is 82.8 cm³/mol. The van der Waals surface area contributed by atoms with Gasteiger partial charge in [0.05, 0.1) is 16.6 Å². The third kappa shape index (κ3) is 3.96. The van der Waals surface area contributed by atoms with E-state index in [0.717, 1.165) is 0 Å². The lowest BCUT2D eigenvalue weighted by Gasteiger charge is -2.07. The Labute approximate surface area is 131 Å². The summed E-state index contributed by atoms with van der Waals surface area (Å²) in [5.74, 6) is -1.35. The predicted octanol–water partition coefficient (Wildman–Crippen LogP) is 0.947. The summed E-state index contributed by atoms with van der Waals surface area (Å²) in [6, 6.07) is 5.93. The minimum absolute atomic E-state index is 0.0576. The lowest BCUT2D eigenvalue weighted by Crippen LogP contribution is -2.29. The minimum Gasteiger partial charge on any atom is -0.273 e. The lowest BCUT2D eigenvalue weighted by molar-refractivity contribution is -0.384. The molecule has 2 N–H and O–H groups in total. The van der Waals surface area contributed by atoms with E-state index in [-0.39, 0.29) is 18.0 Å². The molecule has 9 heteroatoms. The Hall–Kier alpha value is -3.10.